The number of thiophene rings is 1. The number of amides is 1. The normalized spacial score (nSPS) is 22.1. The van der Waals surface area contributed by atoms with Gasteiger partial charge < -0.3 is 9.47 Å². The number of carbonyl (C=O) groups is 2. The predicted octanol–water partition coefficient (Wildman–Crippen LogP) is 4.16. The average Bonchev–Trinajstić information content (AvgIpc) is 3.27. The summed E-state index contributed by atoms with van der Waals surface area (Å²) >= 11 is 1.27. The number of aromatic nitrogens is 1. The van der Waals surface area contributed by atoms with Crippen LogP contribution >= 0.6 is 11.3 Å². The van der Waals surface area contributed by atoms with Crippen LogP contribution in [0.2, 0.25) is 0 Å². The lowest BCUT2D eigenvalue weighted by molar-refractivity contribution is 0.0533. The van der Waals surface area contributed by atoms with Crippen molar-refractivity contribution in [2.75, 3.05) is 13.1 Å². The minimum Gasteiger partial charge on any atom is -0.337 e. The van der Waals surface area contributed by atoms with Crippen molar-refractivity contribution in [3.8, 4) is 0 Å². The van der Waals surface area contributed by atoms with Gasteiger partial charge in [0.15, 0.2) is 5.78 Å². The molecular weight excluding hydrogens is 408 g/mol. The first-order chi connectivity index (χ1) is 15.0. The maximum atomic E-state index is 13.3. The number of nitrogens with zero attached hydrogens (tertiary/aromatic N) is 2. The molecule has 0 aliphatic carbocycles. The Hall–Kier alpha value is -2.99. The van der Waals surface area contributed by atoms with Crippen molar-refractivity contribution < 1.29 is 9.59 Å². The van der Waals surface area contributed by atoms with Crippen molar-refractivity contribution in [2.45, 2.75) is 31.7 Å². The molecule has 2 bridgehead atoms. The highest BCUT2D eigenvalue weighted by molar-refractivity contribution is 7.15. The molecule has 1 aromatic carbocycles. The van der Waals surface area contributed by atoms with Crippen LogP contribution in [-0.4, -0.2) is 34.2 Å². The smallest absolute Gasteiger partial charge is 0.263 e. The maximum absolute atomic E-state index is 13.3. The monoisotopic (exact) mass is 432 g/mol. The van der Waals surface area contributed by atoms with Crippen LogP contribution in [0.5, 0.6) is 0 Å². The van der Waals surface area contributed by atoms with Gasteiger partial charge in [0.2, 0.25) is 0 Å². The zero-order chi connectivity index (χ0) is 21.5. The van der Waals surface area contributed by atoms with Crippen LogP contribution in [0, 0.1) is 5.92 Å². The summed E-state index contributed by atoms with van der Waals surface area (Å²) in [5.41, 5.74) is 2.26. The summed E-state index contributed by atoms with van der Waals surface area (Å²) in [7, 11) is 0. The number of hydrogen-bond acceptors (Lipinski definition) is 4. The van der Waals surface area contributed by atoms with Crippen LogP contribution in [-0.2, 0) is 6.42 Å². The predicted molar refractivity (Wildman–Crippen MR) is 121 cm³/mol. The summed E-state index contributed by atoms with van der Waals surface area (Å²) < 4.78 is 1.98. The van der Waals surface area contributed by atoms with Crippen LogP contribution in [0.4, 0.5) is 0 Å². The average molecular weight is 433 g/mol. The van der Waals surface area contributed by atoms with E-state index in [1.165, 1.54) is 23.8 Å². The molecule has 1 fully saturated rings. The summed E-state index contributed by atoms with van der Waals surface area (Å²) in [5.74, 6) is 0.326. The van der Waals surface area contributed by atoms with Crippen molar-refractivity contribution in [1.82, 2.24) is 9.47 Å². The van der Waals surface area contributed by atoms with Gasteiger partial charge in [-0.25, -0.2) is 0 Å². The standard InChI is InChI=1S/C25H24N2O3S/c1-16(28)22-10-11-23(31-22)25(30)26-14-18-13-19(15-26)21(12-17-6-3-2-4-7-17)27-20(18)8-5-9-24(27)29/h2-11,18-19,21H,12-15H2,1H3/t18-,19+,21+/m1/s1. The first-order valence-corrected chi connectivity index (χ1v) is 11.5. The molecule has 2 aliphatic rings. The minimum absolute atomic E-state index is 0.0163. The molecule has 4 heterocycles. The van der Waals surface area contributed by atoms with Crippen LogP contribution < -0.4 is 5.56 Å². The second-order valence-electron chi connectivity index (χ2n) is 8.54. The lowest BCUT2D eigenvalue weighted by Crippen LogP contribution is -2.51. The summed E-state index contributed by atoms with van der Waals surface area (Å²) in [4.78, 5) is 40.9. The minimum atomic E-state index is -0.0178. The van der Waals surface area contributed by atoms with Crippen LogP contribution in [0.15, 0.2) is 65.5 Å². The van der Waals surface area contributed by atoms with Crippen molar-refractivity contribution >= 4 is 23.0 Å². The molecule has 0 unspecified atom stereocenters. The Balaban J connectivity index is 1.49. The number of likely N-dealkylation sites (tertiary alicyclic amines) is 1. The Morgan fingerprint density at radius 2 is 1.74 bits per heavy atom. The maximum Gasteiger partial charge on any atom is 0.263 e. The molecule has 1 amide bonds. The lowest BCUT2D eigenvalue weighted by atomic mass is 9.76. The van der Waals surface area contributed by atoms with E-state index in [2.05, 4.69) is 12.1 Å². The molecule has 31 heavy (non-hydrogen) atoms. The Morgan fingerprint density at radius 3 is 2.48 bits per heavy atom. The molecule has 6 heteroatoms. The lowest BCUT2D eigenvalue weighted by Gasteiger charge is -2.47. The highest BCUT2D eigenvalue weighted by Crippen LogP contribution is 2.42. The zero-order valence-electron chi connectivity index (χ0n) is 17.4. The van der Waals surface area contributed by atoms with Gasteiger partial charge in [-0.1, -0.05) is 36.4 Å². The van der Waals surface area contributed by atoms with Gasteiger partial charge in [0.1, 0.15) is 0 Å². The Bertz CT molecular complexity index is 1200. The number of hydrogen-bond donors (Lipinski definition) is 0. The van der Waals surface area contributed by atoms with E-state index >= 15 is 0 Å². The fraction of sp³-hybridized carbons (Fsp3) is 0.320. The van der Waals surface area contributed by atoms with Crippen molar-refractivity contribution in [1.29, 1.82) is 0 Å². The van der Waals surface area contributed by atoms with Gasteiger partial charge in [0.25, 0.3) is 11.5 Å². The molecule has 3 atom stereocenters. The second kappa shape index (κ2) is 7.93. The Morgan fingerprint density at radius 1 is 0.968 bits per heavy atom. The molecule has 2 aromatic heterocycles. The van der Waals surface area contributed by atoms with E-state index < -0.39 is 0 Å². The van der Waals surface area contributed by atoms with Gasteiger partial charge in [-0.2, -0.15) is 0 Å². The fourth-order valence-electron chi connectivity index (χ4n) is 5.12. The molecule has 0 radical (unpaired) electrons. The Kier molecular flexibility index (Phi) is 5.10. The van der Waals surface area contributed by atoms with E-state index in [1.807, 2.05) is 39.8 Å². The third kappa shape index (κ3) is 3.65. The summed E-state index contributed by atoms with van der Waals surface area (Å²) in [5, 5.41) is 0. The highest BCUT2D eigenvalue weighted by Gasteiger charge is 2.42. The molecule has 0 spiro atoms. The molecule has 1 saturated heterocycles. The first-order valence-electron chi connectivity index (χ1n) is 10.7. The van der Waals surface area contributed by atoms with E-state index in [0.29, 0.717) is 22.8 Å². The van der Waals surface area contributed by atoms with E-state index in [1.54, 1.807) is 18.2 Å². The number of ketones is 1. The highest BCUT2D eigenvalue weighted by atomic mass is 32.1. The molecule has 5 nitrogen and oxygen atoms in total. The molecule has 158 valence electrons. The Labute approximate surface area is 184 Å². The SMILES string of the molecule is CC(=O)c1ccc(C(=O)N2C[C@H]3C[C@@H](C2)[C@H](Cc2ccccc2)n2c3cccc2=O)s1. The third-order valence-electron chi connectivity index (χ3n) is 6.54. The summed E-state index contributed by atoms with van der Waals surface area (Å²) in [6, 6.07) is 19.3. The number of pyridine rings is 1. The van der Waals surface area contributed by atoms with Gasteiger partial charge in [-0.15, -0.1) is 11.3 Å². The third-order valence-corrected chi connectivity index (χ3v) is 7.71. The molecule has 0 saturated carbocycles. The zero-order valence-corrected chi connectivity index (χ0v) is 18.2. The number of Topliss-reactive ketones (excluding diaryl/α,β-unsaturated/α-hetero) is 1. The van der Waals surface area contributed by atoms with Crippen LogP contribution in [0.25, 0.3) is 0 Å². The molecule has 2 aliphatic heterocycles. The molecule has 3 aromatic rings. The van der Waals surface area contributed by atoms with Gasteiger partial charge in [0.05, 0.1) is 9.75 Å². The number of piperidine rings is 1. The van der Waals surface area contributed by atoms with Crippen molar-refractivity contribution in [2.24, 2.45) is 5.92 Å². The number of fused-ring (bicyclic) bond motifs is 4. The van der Waals surface area contributed by atoms with E-state index in [9.17, 15) is 14.4 Å². The number of benzene rings is 1. The second-order valence-corrected chi connectivity index (χ2v) is 9.62. The molecule has 5 rings (SSSR count). The van der Waals surface area contributed by atoms with Gasteiger partial charge in [-0.05, 0) is 49.4 Å². The summed E-state index contributed by atoms with van der Waals surface area (Å²) in [6.45, 7) is 2.75. The van der Waals surface area contributed by atoms with Crippen LogP contribution in [0.1, 0.15) is 55.9 Å². The van der Waals surface area contributed by atoms with Gasteiger partial charge in [0, 0.05) is 36.8 Å². The molecule has 0 N–H and O–H groups in total. The first kappa shape index (κ1) is 19.9. The van der Waals surface area contributed by atoms with Crippen LogP contribution in [0.3, 0.4) is 0 Å². The molecular formula is C25H24N2O3S. The summed E-state index contributed by atoms with van der Waals surface area (Å²) in [6.07, 6.45) is 1.75. The fourth-order valence-corrected chi connectivity index (χ4v) is 5.99. The van der Waals surface area contributed by atoms with E-state index in [4.69, 9.17) is 0 Å². The number of carbonyl (C=O) groups excluding carboxylic acids is 2. The topological polar surface area (TPSA) is 59.4 Å². The van der Waals surface area contributed by atoms with Gasteiger partial charge in [-0.3, -0.25) is 14.4 Å². The van der Waals surface area contributed by atoms with Crippen molar-refractivity contribution in [3.63, 3.8) is 0 Å². The number of rotatable bonds is 4. The van der Waals surface area contributed by atoms with Crippen molar-refractivity contribution in [3.05, 3.63) is 92.0 Å². The van der Waals surface area contributed by atoms with Gasteiger partial charge >= 0.3 is 0 Å². The van der Waals surface area contributed by atoms with E-state index in [-0.39, 0.29) is 35.1 Å². The quantitative estimate of drug-likeness (QED) is 0.582. The van der Waals surface area contributed by atoms with E-state index in [0.717, 1.165) is 18.5 Å². The largest absolute Gasteiger partial charge is 0.337 e.